The van der Waals surface area contributed by atoms with Crippen molar-refractivity contribution in [2.24, 2.45) is 4.99 Å². The summed E-state index contributed by atoms with van der Waals surface area (Å²) in [5, 5.41) is 6.70. The van der Waals surface area contributed by atoms with Crippen molar-refractivity contribution in [1.29, 1.82) is 0 Å². The molecule has 1 heterocycles. The van der Waals surface area contributed by atoms with E-state index in [1.165, 1.54) is 38.5 Å². The van der Waals surface area contributed by atoms with Gasteiger partial charge in [-0.1, -0.05) is 25.5 Å². The number of piperidine rings is 1. The summed E-state index contributed by atoms with van der Waals surface area (Å²) in [6.07, 6.45) is 6.41. The molecule has 160 valence electrons. The van der Waals surface area contributed by atoms with Gasteiger partial charge in [0.2, 0.25) is 0 Å². The van der Waals surface area contributed by atoms with Crippen molar-refractivity contribution in [3.63, 3.8) is 0 Å². The highest BCUT2D eigenvalue weighted by molar-refractivity contribution is 14.0. The van der Waals surface area contributed by atoms with E-state index in [2.05, 4.69) is 34.4 Å². The first-order chi connectivity index (χ1) is 12.9. The number of hydrogen-bond acceptors (Lipinski definition) is 4. The minimum Gasteiger partial charge on any atom is -0.357 e. The topological polar surface area (TPSA) is 73.8 Å². The smallest absolute Gasteiger partial charge is 0.191 e. The van der Waals surface area contributed by atoms with Gasteiger partial charge in [0.05, 0.1) is 11.4 Å². The van der Waals surface area contributed by atoms with Gasteiger partial charge >= 0.3 is 0 Å². The van der Waals surface area contributed by atoms with Crippen molar-refractivity contribution < 1.29 is 8.42 Å². The average Bonchev–Trinajstić information content (AvgIpc) is 2.66. The van der Waals surface area contributed by atoms with Crippen LogP contribution in [0.3, 0.4) is 0 Å². The van der Waals surface area contributed by atoms with Gasteiger partial charge in [0.15, 0.2) is 15.8 Å². The zero-order valence-corrected chi connectivity index (χ0v) is 20.4. The van der Waals surface area contributed by atoms with Gasteiger partial charge in [-0.15, -0.1) is 24.0 Å². The molecule has 0 radical (unpaired) electrons. The molecule has 0 aliphatic carbocycles. The number of halogens is 1. The van der Waals surface area contributed by atoms with Gasteiger partial charge in [-0.25, -0.2) is 13.4 Å². The maximum atomic E-state index is 11.5. The third-order valence-corrected chi connectivity index (χ3v) is 6.16. The van der Waals surface area contributed by atoms with E-state index in [0.29, 0.717) is 17.5 Å². The second-order valence-corrected chi connectivity index (χ2v) is 9.15. The largest absolute Gasteiger partial charge is 0.357 e. The maximum Gasteiger partial charge on any atom is 0.191 e. The van der Waals surface area contributed by atoms with E-state index in [1.54, 1.807) is 12.1 Å². The number of aliphatic imine (C=N–C) groups is 1. The SMILES string of the molecule is CCNC(=NCc1ccc(S(C)(=O)=O)cc1)NCCN1CCCCC1CC.I. The summed E-state index contributed by atoms with van der Waals surface area (Å²) in [6.45, 7) is 8.75. The molecule has 1 aromatic carbocycles. The second-order valence-electron chi connectivity index (χ2n) is 7.13. The van der Waals surface area contributed by atoms with Crippen molar-refractivity contribution in [1.82, 2.24) is 15.5 Å². The zero-order valence-electron chi connectivity index (χ0n) is 17.3. The molecule has 1 aliphatic rings. The summed E-state index contributed by atoms with van der Waals surface area (Å²) in [5.41, 5.74) is 0.988. The van der Waals surface area contributed by atoms with E-state index >= 15 is 0 Å². The number of likely N-dealkylation sites (tertiary alicyclic amines) is 1. The predicted octanol–water partition coefficient (Wildman–Crippen LogP) is 3.03. The van der Waals surface area contributed by atoms with E-state index < -0.39 is 9.84 Å². The molecule has 0 bridgehead atoms. The Morgan fingerprint density at radius 3 is 2.50 bits per heavy atom. The Labute approximate surface area is 187 Å². The monoisotopic (exact) mass is 522 g/mol. The first-order valence-electron chi connectivity index (χ1n) is 9.99. The average molecular weight is 522 g/mol. The molecule has 0 amide bonds. The second kappa shape index (κ2) is 12.6. The van der Waals surface area contributed by atoms with Gasteiger partial charge in [0, 0.05) is 31.9 Å². The Morgan fingerprint density at radius 2 is 1.89 bits per heavy atom. The van der Waals surface area contributed by atoms with Crippen molar-refractivity contribution >= 4 is 39.8 Å². The van der Waals surface area contributed by atoms with Crippen LogP contribution >= 0.6 is 24.0 Å². The highest BCUT2D eigenvalue weighted by atomic mass is 127. The van der Waals surface area contributed by atoms with Crippen LogP contribution in [0.1, 0.15) is 45.1 Å². The molecule has 6 nitrogen and oxygen atoms in total. The fraction of sp³-hybridized carbons (Fsp3) is 0.650. The molecular formula is C20H35IN4O2S. The molecule has 1 saturated heterocycles. The van der Waals surface area contributed by atoms with E-state index in [-0.39, 0.29) is 24.0 Å². The summed E-state index contributed by atoms with van der Waals surface area (Å²) in [4.78, 5) is 7.55. The first kappa shape index (κ1) is 25.2. The molecule has 2 rings (SSSR count). The lowest BCUT2D eigenvalue weighted by molar-refractivity contribution is 0.147. The minimum absolute atomic E-state index is 0. The molecule has 1 fully saturated rings. The van der Waals surface area contributed by atoms with E-state index in [9.17, 15) is 8.42 Å². The molecule has 0 aromatic heterocycles. The summed E-state index contributed by atoms with van der Waals surface area (Å²) in [6, 6.07) is 7.64. The van der Waals surface area contributed by atoms with Crippen LogP contribution in [0.5, 0.6) is 0 Å². The summed E-state index contributed by atoms with van der Waals surface area (Å²) in [7, 11) is -3.15. The van der Waals surface area contributed by atoms with E-state index in [0.717, 1.165) is 31.2 Å². The number of sulfone groups is 1. The molecule has 2 N–H and O–H groups in total. The number of rotatable bonds is 8. The third-order valence-electron chi connectivity index (χ3n) is 5.03. The van der Waals surface area contributed by atoms with Crippen LogP contribution in [0.15, 0.2) is 34.2 Å². The van der Waals surface area contributed by atoms with Crippen LogP contribution in [-0.2, 0) is 16.4 Å². The standard InChI is InChI=1S/C20H34N4O2S.HI/c1-4-18-8-6-7-14-24(18)15-13-22-20(21-5-2)23-16-17-9-11-19(12-10-17)27(3,25)26;/h9-12,18H,4-8,13-16H2,1-3H3,(H2,21,22,23);1H. The van der Waals surface area contributed by atoms with Crippen LogP contribution in [0.2, 0.25) is 0 Å². The Bertz CT molecular complexity index is 707. The zero-order chi connectivity index (χ0) is 19.7. The van der Waals surface area contributed by atoms with Gasteiger partial charge in [-0.3, -0.25) is 4.90 Å². The normalized spacial score (nSPS) is 18.4. The van der Waals surface area contributed by atoms with Crippen molar-refractivity contribution in [2.45, 2.75) is 57.0 Å². The van der Waals surface area contributed by atoms with Crippen molar-refractivity contribution in [2.75, 3.05) is 32.4 Å². The molecule has 8 heteroatoms. The van der Waals surface area contributed by atoms with Crippen molar-refractivity contribution in [3.05, 3.63) is 29.8 Å². The van der Waals surface area contributed by atoms with Crippen LogP contribution in [-0.4, -0.2) is 57.8 Å². The Hall–Kier alpha value is -0.870. The quantitative estimate of drug-likeness (QED) is 0.312. The highest BCUT2D eigenvalue weighted by Crippen LogP contribution is 2.18. The lowest BCUT2D eigenvalue weighted by Crippen LogP contribution is -2.45. The molecule has 1 unspecified atom stereocenters. The third kappa shape index (κ3) is 8.24. The van der Waals surface area contributed by atoms with Gasteiger partial charge in [-0.2, -0.15) is 0 Å². The van der Waals surface area contributed by atoms with Crippen LogP contribution in [0, 0.1) is 0 Å². The molecule has 1 atom stereocenters. The van der Waals surface area contributed by atoms with E-state index in [4.69, 9.17) is 0 Å². The lowest BCUT2D eigenvalue weighted by Gasteiger charge is -2.35. The highest BCUT2D eigenvalue weighted by Gasteiger charge is 2.19. The number of benzene rings is 1. The molecule has 1 aromatic rings. The summed E-state index contributed by atoms with van der Waals surface area (Å²) >= 11 is 0. The number of nitrogens with one attached hydrogen (secondary N) is 2. The van der Waals surface area contributed by atoms with Gasteiger partial charge in [0.25, 0.3) is 0 Å². The molecule has 1 aliphatic heterocycles. The number of guanidine groups is 1. The Kier molecular flexibility index (Phi) is 11.4. The fourth-order valence-corrected chi connectivity index (χ4v) is 4.12. The maximum absolute atomic E-state index is 11.5. The number of hydrogen-bond donors (Lipinski definition) is 2. The molecule has 0 spiro atoms. The Morgan fingerprint density at radius 1 is 1.18 bits per heavy atom. The van der Waals surface area contributed by atoms with E-state index in [1.807, 2.05) is 12.1 Å². The van der Waals surface area contributed by atoms with Crippen LogP contribution in [0.4, 0.5) is 0 Å². The first-order valence-corrected chi connectivity index (χ1v) is 11.9. The predicted molar refractivity (Wildman–Crippen MR) is 127 cm³/mol. The molecule has 28 heavy (non-hydrogen) atoms. The van der Waals surface area contributed by atoms with Gasteiger partial charge in [0.1, 0.15) is 0 Å². The Balaban J connectivity index is 0.00000392. The summed E-state index contributed by atoms with van der Waals surface area (Å²) < 4.78 is 23.1. The van der Waals surface area contributed by atoms with Crippen LogP contribution in [0.25, 0.3) is 0 Å². The van der Waals surface area contributed by atoms with Gasteiger partial charge < -0.3 is 10.6 Å². The lowest BCUT2D eigenvalue weighted by atomic mass is 10.0. The molecule has 0 saturated carbocycles. The fourth-order valence-electron chi connectivity index (χ4n) is 3.49. The molecular weight excluding hydrogens is 487 g/mol. The number of nitrogens with zero attached hydrogens (tertiary/aromatic N) is 2. The summed E-state index contributed by atoms with van der Waals surface area (Å²) in [5.74, 6) is 0.801. The van der Waals surface area contributed by atoms with Crippen LogP contribution < -0.4 is 10.6 Å². The minimum atomic E-state index is -3.15. The van der Waals surface area contributed by atoms with Gasteiger partial charge in [-0.05, 0) is 50.4 Å². The van der Waals surface area contributed by atoms with Crippen molar-refractivity contribution in [3.8, 4) is 0 Å².